The third-order valence-electron chi connectivity index (χ3n) is 3.22. The molecule has 126 valence electrons. The van der Waals surface area contributed by atoms with Gasteiger partial charge < -0.3 is 19.7 Å². The van der Waals surface area contributed by atoms with Crippen LogP contribution in [0, 0.1) is 5.41 Å². The smallest absolute Gasteiger partial charge is 0.407 e. The summed E-state index contributed by atoms with van der Waals surface area (Å²) < 4.78 is 5.20. The van der Waals surface area contributed by atoms with Crippen LogP contribution in [0.1, 0.15) is 54.4 Å². The van der Waals surface area contributed by atoms with E-state index >= 15 is 0 Å². The van der Waals surface area contributed by atoms with E-state index in [9.17, 15) is 14.4 Å². The summed E-state index contributed by atoms with van der Waals surface area (Å²) in [6, 6.07) is -0.733. The summed E-state index contributed by atoms with van der Waals surface area (Å²) in [5.41, 5.74) is -0.713. The number of ether oxygens (including phenoxy) is 1. The van der Waals surface area contributed by atoms with E-state index in [0.29, 0.717) is 19.4 Å². The molecule has 22 heavy (non-hydrogen) atoms. The van der Waals surface area contributed by atoms with E-state index in [4.69, 9.17) is 4.74 Å². The molecule has 6 nitrogen and oxygen atoms in total. The molecule has 1 aliphatic heterocycles. The number of aldehydes is 1. The van der Waals surface area contributed by atoms with Crippen LogP contribution in [-0.4, -0.2) is 47.4 Å². The van der Waals surface area contributed by atoms with Crippen LogP contribution < -0.4 is 5.32 Å². The molecule has 0 aromatic heterocycles. The molecule has 0 aliphatic carbocycles. The molecule has 0 unspecified atom stereocenters. The van der Waals surface area contributed by atoms with E-state index in [1.54, 1.807) is 25.7 Å². The normalized spacial score (nSPS) is 22.4. The summed E-state index contributed by atoms with van der Waals surface area (Å²) in [4.78, 5) is 36.9. The molecule has 1 N–H and O–H groups in total. The van der Waals surface area contributed by atoms with Crippen molar-refractivity contribution < 1.29 is 19.1 Å². The Balaban J connectivity index is 2.63. The maximum absolute atomic E-state index is 12.3. The third kappa shape index (κ3) is 6.03. The molecule has 1 rings (SSSR count). The summed E-state index contributed by atoms with van der Waals surface area (Å²) in [5, 5.41) is 2.73. The summed E-state index contributed by atoms with van der Waals surface area (Å²) in [5.74, 6) is -0.0573. The Kier molecular flexibility index (Phi) is 5.59. The van der Waals surface area contributed by atoms with Gasteiger partial charge >= 0.3 is 6.09 Å². The summed E-state index contributed by atoms with van der Waals surface area (Å²) in [6.45, 7) is 11.6. The maximum atomic E-state index is 12.3. The molecule has 2 amide bonds. The van der Waals surface area contributed by atoms with Gasteiger partial charge in [0.25, 0.3) is 0 Å². The predicted octanol–water partition coefficient (Wildman–Crippen LogP) is 2.12. The number of likely N-dealkylation sites (tertiary alicyclic amines) is 1. The molecule has 1 aliphatic rings. The first kappa shape index (κ1) is 18.5. The number of alkyl carbamates (subject to hydrolysis) is 1. The van der Waals surface area contributed by atoms with Crippen molar-refractivity contribution in [2.75, 3.05) is 6.54 Å². The van der Waals surface area contributed by atoms with Gasteiger partial charge in [-0.25, -0.2) is 4.79 Å². The fraction of sp³-hybridized carbons (Fsp3) is 0.812. The zero-order valence-electron chi connectivity index (χ0n) is 14.4. The highest BCUT2D eigenvalue weighted by molar-refractivity contribution is 5.81. The average molecular weight is 312 g/mol. The van der Waals surface area contributed by atoms with E-state index in [2.05, 4.69) is 5.32 Å². The molecule has 1 heterocycles. The van der Waals surface area contributed by atoms with Crippen LogP contribution in [0.25, 0.3) is 0 Å². The van der Waals surface area contributed by atoms with E-state index < -0.39 is 17.7 Å². The lowest BCUT2D eigenvalue weighted by molar-refractivity contribution is -0.136. The van der Waals surface area contributed by atoms with Crippen LogP contribution in [0.4, 0.5) is 4.79 Å². The van der Waals surface area contributed by atoms with Crippen LogP contribution in [0.5, 0.6) is 0 Å². The fourth-order valence-electron chi connectivity index (χ4n) is 2.42. The molecule has 1 saturated heterocycles. The molecular weight excluding hydrogens is 284 g/mol. The quantitative estimate of drug-likeness (QED) is 0.810. The lowest BCUT2D eigenvalue weighted by Crippen LogP contribution is -2.42. The second-order valence-corrected chi connectivity index (χ2v) is 8.07. The van der Waals surface area contributed by atoms with Gasteiger partial charge in [0.1, 0.15) is 11.9 Å². The summed E-state index contributed by atoms with van der Waals surface area (Å²) in [6.07, 6.45) is 1.05. The van der Waals surface area contributed by atoms with E-state index in [1.807, 2.05) is 20.8 Å². The first-order chi connectivity index (χ1) is 9.91. The first-order valence-corrected chi connectivity index (χ1v) is 7.65. The fourth-order valence-corrected chi connectivity index (χ4v) is 2.42. The molecule has 0 bridgehead atoms. The highest BCUT2D eigenvalue weighted by atomic mass is 16.6. The number of rotatable bonds is 3. The van der Waals surface area contributed by atoms with Crippen molar-refractivity contribution in [2.45, 2.75) is 72.1 Å². The molecule has 2 atom stereocenters. The van der Waals surface area contributed by atoms with Gasteiger partial charge in [-0.15, -0.1) is 0 Å². The van der Waals surface area contributed by atoms with Crippen molar-refractivity contribution in [3.05, 3.63) is 0 Å². The molecule has 0 aromatic rings. The van der Waals surface area contributed by atoms with E-state index in [-0.39, 0.29) is 17.4 Å². The second-order valence-electron chi connectivity index (χ2n) is 8.07. The van der Waals surface area contributed by atoms with E-state index in [1.165, 1.54) is 0 Å². The van der Waals surface area contributed by atoms with Crippen molar-refractivity contribution in [3.8, 4) is 0 Å². The molecule has 0 saturated carbocycles. The van der Waals surface area contributed by atoms with Gasteiger partial charge in [0.2, 0.25) is 5.91 Å². The van der Waals surface area contributed by atoms with Gasteiger partial charge in [0, 0.05) is 13.0 Å². The Morgan fingerprint density at radius 2 is 1.82 bits per heavy atom. The predicted molar refractivity (Wildman–Crippen MR) is 83.4 cm³/mol. The van der Waals surface area contributed by atoms with Crippen molar-refractivity contribution >= 4 is 18.3 Å². The van der Waals surface area contributed by atoms with Crippen LogP contribution >= 0.6 is 0 Å². The Morgan fingerprint density at radius 1 is 1.23 bits per heavy atom. The minimum Gasteiger partial charge on any atom is -0.444 e. The minimum atomic E-state index is -0.575. The number of hydrogen-bond donors (Lipinski definition) is 1. The monoisotopic (exact) mass is 312 g/mol. The third-order valence-corrected chi connectivity index (χ3v) is 3.22. The van der Waals surface area contributed by atoms with Crippen LogP contribution in [0.15, 0.2) is 0 Å². The molecule has 0 aromatic carbocycles. The van der Waals surface area contributed by atoms with Gasteiger partial charge in [-0.3, -0.25) is 4.79 Å². The summed E-state index contributed by atoms with van der Waals surface area (Å²) in [7, 11) is 0. The van der Waals surface area contributed by atoms with Crippen molar-refractivity contribution in [1.82, 2.24) is 10.2 Å². The lowest BCUT2D eigenvalue weighted by Gasteiger charge is -2.25. The SMILES string of the molecule is CC(C)(C)CC(=O)N1C[C@@H](NC(=O)OC(C)(C)C)C[C@H]1C=O. The first-order valence-electron chi connectivity index (χ1n) is 7.65. The standard InChI is InChI=1S/C16H28N2O4/c1-15(2,3)8-13(20)18-9-11(7-12(18)10-19)17-14(21)22-16(4,5)6/h10-12H,7-9H2,1-6H3,(H,17,21)/t11-,12-/m0/s1. The lowest BCUT2D eigenvalue weighted by atomic mass is 9.91. The molecule has 0 radical (unpaired) electrons. The highest BCUT2D eigenvalue weighted by Gasteiger charge is 2.37. The Hall–Kier alpha value is -1.59. The zero-order chi connectivity index (χ0) is 17.1. The van der Waals surface area contributed by atoms with Crippen molar-refractivity contribution in [3.63, 3.8) is 0 Å². The van der Waals surface area contributed by atoms with Crippen molar-refractivity contribution in [1.29, 1.82) is 0 Å². The molecule has 0 spiro atoms. The maximum Gasteiger partial charge on any atom is 0.407 e. The highest BCUT2D eigenvalue weighted by Crippen LogP contribution is 2.24. The van der Waals surface area contributed by atoms with E-state index in [0.717, 1.165) is 6.29 Å². The number of nitrogens with zero attached hydrogens (tertiary/aromatic N) is 1. The molecular formula is C16H28N2O4. The minimum absolute atomic E-state index is 0.0573. The zero-order valence-corrected chi connectivity index (χ0v) is 14.4. The number of carbonyl (C=O) groups is 3. The number of hydrogen-bond acceptors (Lipinski definition) is 4. The van der Waals surface area contributed by atoms with Gasteiger partial charge in [0.05, 0.1) is 12.1 Å². The average Bonchev–Trinajstić information content (AvgIpc) is 2.66. The number of carbonyl (C=O) groups excluding carboxylic acids is 3. The largest absolute Gasteiger partial charge is 0.444 e. The van der Waals surface area contributed by atoms with Crippen LogP contribution in [0.2, 0.25) is 0 Å². The van der Waals surface area contributed by atoms with Crippen molar-refractivity contribution in [2.24, 2.45) is 5.41 Å². The Morgan fingerprint density at radius 3 is 2.27 bits per heavy atom. The van der Waals surface area contributed by atoms with Gasteiger partial charge in [-0.05, 0) is 32.6 Å². The van der Waals surface area contributed by atoms with Gasteiger partial charge in [0.15, 0.2) is 0 Å². The van der Waals surface area contributed by atoms with Gasteiger partial charge in [-0.2, -0.15) is 0 Å². The Labute approximate surface area is 132 Å². The molecule has 6 heteroatoms. The summed E-state index contributed by atoms with van der Waals surface area (Å²) >= 11 is 0. The second kappa shape index (κ2) is 6.67. The van der Waals surface area contributed by atoms with Crippen LogP contribution in [0.3, 0.4) is 0 Å². The van der Waals surface area contributed by atoms with Crippen LogP contribution in [-0.2, 0) is 14.3 Å². The van der Waals surface area contributed by atoms with Gasteiger partial charge in [-0.1, -0.05) is 20.8 Å². The topological polar surface area (TPSA) is 75.7 Å². The Bertz CT molecular complexity index is 434. The number of nitrogens with one attached hydrogen (secondary N) is 1. The molecule has 1 fully saturated rings. The number of amides is 2.